The minimum atomic E-state index is 0.889. The number of pyridine rings is 3. The van der Waals surface area contributed by atoms with Crippen LogP contribution < -0.4 is 0 Å². The van der Waals surface area contributed by atoms with Crippen molar-refractivity contribution in [1.82, 2.24) is 131 Å². The minimum absolute atomic E-state index is 0.889. The van der Waals surface area contributed by atoms with E-state index in [-0.39, 0.29) is 0 Å². The van der Waals surface area contributed by atoms with Crippen molar-refractivity contribution in [3.05, 3.63) is 442 Å². The number of hydrogen-bond donors (Lipinski definition) is 0. The van der Waals surface area contributed by atoms with Crippen LogP contribution in [0.5, 0.6) is 0 Å². The highest BCUT2D eigenvalue weighted by molar-refractivity contribution is 5.81. The molecule has 19 aromatic rings. The third-order valence-electron chi connectivity index (χ3n) is 13.7. The molecule has 15 heterocycles. The van der Waals surface area contributed by atoms with Crippen molar-refractivity contribution in [2.45, 2.75) is 234 Å². The van der Waals surface area contributed by atoms with Crippen molar-refractivity contribution >= 4 is 77.7 Å². The summed E-state index contributed by atoms with van der Waals surface area (Å²) in [5.41, 5.74) is 5.06. The molecular weight excluding hydrogens is 1850 g/mol. The number of para-hydroxylation sites is 4. The number of aromatic nitrogens is 26. The smallest absolute Gasteiger partial charge is 0.138 e. The fraction of sp³-hybridized carbons (Fsp3) is 0.289. The summed E-state index contributed by atoms with van der Waals surface area (Å²) in [5.74, 6) is 0. The van der Waals surface area contributed by atoms with Gasteiger partial charge in [0.05, 0.1) is 71.3 Å². The van der Waals surface area contributed by atoms with Gasteiger partial charge in [-0.05, 0) is 103 Å². The van der Waals surface area contributed by atoms with Crippen LogP contribution in [-0.4, -0.2) is 150 Å². The lowest BCUT2D eigenvalue weighted by atomic mass is 10.2. The second-order valence-electron chi connectivity index (χ2n) is 21.9. The highest BCUT2D eigenvalue weighted by Gasteiger charge is 1.93. The van der Waals surface area contributed by atoms with E-state index in [0.717, 1.165) is 73.9 Å². The Morgan fingerprint density at radius 2 is 0.517 bits per heavy atom. The number of rotatable bonds is 0. The van der Waals surface area contributed by atoms with Crippen LogP contribution in [0, 0.1) is 0 Å². The number of fused-ring (bicyclic) bond motifs is 6. The summed E-state index contributed by atoms with van der Waals surface area (Å²) >= 11 is 0. The van der Waals surface area contributed by atoms with Crippen LogP contribution in [0.4, 0.5) is 0 Å². The molecule has 1 aliphatic carbocycles. The lowest BCUT2D eigenvalue weighted by Crippen LogP contribution is -1.79. The zero-order chi connectivity index (χ0) is 113. The topological polar surface area (TPSA) is 360 Å². The minimum Gasteiger partial charge on any atom is -0.289 e. The van der Waals surface area contributed by atoms with Gasteiger partial charge in [0, 0.05) is 156 Å². The first-order valence-corrected chi connectivity index (χ1v) is 51.8. The van der Waals surface area contributed by atoms with Gasteiger partial charge in [0.15, 0.2) is 0 Å². The number of aliphatic imine (C=N–C) groups is 2. The Morgan fingerprint density at radius 3 is 0.752 bits per heavy atom. The molecule has 0 bridgehead atoms. The Kier molecular flexibility index (Phi) is 148. The van der Waals surface area contributed by atoms with Gasteiger partial charge in [-0.3, -0.25) is 34.9 Å². The average molecular weight is 2020 g/mol. The summed E-state index contributed by atoms with van der Waals surface area (Å²) in [6.07, 6.45) is 67.7. The molecule has 2 aliphatic heterocycles. The molecule has 0 N–H and O–H groups in total. The molecule has 28 nitrogen and oxygen atoms in total. The first-order valence-electron chi connectivity index (χ1n) is 51.8. The van der Waals surface area contributed by atoms with Gasteiger partial charge in [0.1, 0.15) is 44.3 Å². The molecule has 0 saturated heterocycles. The van der Waals surface area contributed by atoms with Gasteiger partial charge in [-0.15, -0.1) is 15.3 Å². The molecular formula is C121H176N28. The molecule has 0 unspecified atom stereocenters. The van der Waals surface area contributed by atoms with Gasteiger partial charge in [-0.1, -0.05) is 391 Å². The molecule has 0 fully saturated rings. The van der Waals surface area contributed by atoms with E-state index in [0.29, 0.717) is 0 Å². The zero-order valence-corrected chi connectivity index (χ0v) is 95.4. The predicted molar refractivity (Wildman–Crippen MR) is 641 cm³/mol. The summed E-state index contributed by atoms with van der Waals surface area (Å²) in [5, 5.41) is 47.3. The van der Waals surface area contributed by atoms with E-state index in [1.54, 1.807) is 136 Å². The molecule has 0 amide bonds. The molecule has 0 radical (unpaired) electrons. The molecule has 3 aliphatic rings. The quantitative estimate of drug-likeness (QED) is 0.136. The Hall–Kier alpha value is -16.8. The zero-order valence-electron chi connectivity index (χ0n) is 95.4. The normalized spacial score (nSPS) is 8.70. The second-order valence-corrected chi connectivity index (χ2v) is 21.9. The maximum atomic E-state index is 4.18. The number of benzene rings is 6. The van der Waals surface area contributed by atoms with Crippen LogP contribution in [-0.2, 0) is 0 Å². The van der Waals surface area contributed by atoms with Crippen LogP contribution in [0.3, 0.4) is 0 Å². The third-order valence-corrected chi connectivity index (χ3v) is 13.7. The van der Waals surface area contributed by atoms with Crippen LogP contribution in [0.2, 0.25) is 0 Å². The summed E-state index contributed by atoms with van der Waals surface area (Å²) in [7, 11) is 0. The van der Waals surface area contributed by atoms with E-state index < -0.39 is 0 Å². The molecule has 13 aromatic heterocycles. The fourth-order valence-electron chi connectivity index (χ4n) is 8.43. The fourth-order valence-corrected chi connectivity index (χ4v) is 8.43. The predicted octanol–water partition coefficient (Wildman–Crippen LogP) is 32.6. The van der Waals surface area contributed by atoms with Gasteiger partial charge in [-0.2, -0.15) is 35.7 Å². The van der Waals surface area contributed by atoms with Gasteiger partial charge in [-0.25, -0.2) is 49.8 Å². The van der Waals surface area contributed by atoms with Gasteiger partial charge >= 0.3 is 0 Å². The van der Waals surface area contributed by atoms with Crippen LogP contribution in [0.15, 0.2) is 452 Å². The van der Waals surface area contributed by atoms with Crippen LogP contribution in [0.1, 0.15) is 234 Å². The summed E-state index contributed by atoms with van der Waals surface area (Å²) in [6, 6.07) is 70.7. The van der Waals surface area contributed by atoms with Crippen molar-refractivity contribution in [2.75, 3.05) is 6.54 Å². The summed E-state index contributed by atoms with van der Waals surface area (Å²) in [6.45, 7) is 64.9. The lowest BCUT2D eigenvalue weighted by molar-refractivity contribution is 0.865. The van der Waals surface area contributed by atoms with Crippen molar-refractivity contribution in [1.29, 1.82) is 0 Å². The van der Waals surface area contributed by atoms with E-state index in [4.69, 9.17) is 0 Å². The second kappa shape index (κ2) is 144. The number of nitrogens with zero attached hydrogens (tertiary/aromatic N) is 28. The first kappa shape index (κ1) is 152. The highest BCUT2D eigenvalue weighted by Crippen LogP contribution is 2.12. The molecule has 800 valence electrons. The average Bonchev–Trinajstić information content (AvgIpc) is 1.40. The Morgan fingerprint density at radius 1 is 0.181 bits per heavy atom. The Balaban J connectivity index is -0.000000171. The maximum Gasteiger partial charge on any atom is 0.138 e. The largest absolute Gasteiger partial charge is 0.289 e. The van der Waals surface area contributed by atoms with E-state index >= 15 is 0 Å². The van der Waals surface area contributed by atoms with Crippen molar-refractivity contribution < 1.29 is 0 Å². The maximum absolute atomic E-state index is 4.18. The van der Waals surface area contributed by atoms with Crippen molar-refractivity contribution in [3.63, 3.8) is 0 Å². The van der Waals surface area contributed by atoms with Gasteiger partial charge < -0.3 is 0 Å². The van der Waals surface area contributed by atoms with Crippen molar-refractivity contribution in [2.24, 2.45) is 9.98 Å². The number of allylic oxidation sites excluding steroid dienone is 6. The van der Waals surface area contributed by atoms with Gasteiger partial charge in [0.25, 0.3) is 0 Å². The lowest BCUT2D eigenvalue weighted by Gasteiger charge is -1.91. The molecule has 28 heteroatoms. The summed E-state index contributed by atoms with van der Waals surface area (Å²) in [4.78, 5) is 64.8. The standard InChI is InChI=1S/2C9H7N.4C8H6N2.C5H5N.C5H6.3C4H4N2.2C4H5N.3C3H3N3.16C2H6/c2*1-2-6-9-8(4-1)5-3-7-10-9;2*1-2-4-8-7(3-1)5-9-6-10-8;1-2-4-8-6-10-9-5-7(8)3-1;1-2-4-8-7(3-1)5-6-9-10-8;1-2-4-6-5-3-1;1-2-4-5-3-1;1-2-6-4-3-5-1;1-2-5-4-6-3-1;1-2-4-6-5-3-1;2*1-2-4-5-3-1;1-4-2-6-3-5-1;1-2-5-6-3-4-1;1-2-4-6-5-3-1;16*1-2/h2*1-7H;4*1-6H;1-5H;1-4H,5H2;3*1-4H;1,3-4H,2H2;1-3H,4H2;3*1-3H;16*1-2H3. The monoisotopic (exact) mass is 2020 g/mol. The van der Waals surface area contributed by atoms with E-state index in [1.807, 2.05) is 453 Å². The molecule has 0 spiro atoms. The highest BCUT2D eigenvalue weighted by atomic mass is 15.3. The van der Waals surface area contributed by atoms with E-state index in [9.17, 15) is 0 Å². The van der Waals surface area contributed by atoms with Crippen molar-refractivity contribution in [3.8, 4) is 0 Å². The molecule has 22 rings (SSSR count). The Bertz CT molecular complexity index is 4240. The molecule has 0 saturated carbocycles. The summed E-state index contributed by atoms with van der Waals surface area (Å²) < 4.78 is 0. The molecule has 6 aromatic carbocycles. The van der Waals surface area contributed by atoms with E-state index in [2.05, 4.69) is 190 Å². The third kappa shape index (κ3) is 99.7. The van der Waals surface area contributed by atoms with Crippen LogP contribution >= 0.6 is 0 Å². The van der Waals surface area contributed by atoms with Gasteiger partial charge in [0.2, 0.25) is 0 Å². The van der Waals surface area contributed by atoms with E-state index in [1.165, 1.54) is 48.6 Å². The van der Waals surface area contributed by atoms with Crippen LogP contribution in [0.25, 0.3) is 65.3 Å². The molecule has 0 atom stereocenters. The number of hydrogen-bond acceptors (Lipinski definition) is 28. The SMILES string of the molecule is C1=CCC=C1.C1=CCN=C1.C1=CN=CC1.CC.CC.CC.CC.CC.CC.CC.CC.CC.CC.CC.CC.CC.CC.CC.CC.c1ccc2cnncc2c1.c1ccc2ncccc2c1.c1ccc2ncccc2c1.c1ccc2ncncc2c1.c1ccc2ncncc2c1.c1ccc2nnccc2c1.c1ccncc1.c1ccnnc1.c1cnccn1.c1cncnc1.c1cnncn1.c1cnnnc1.c1ncncn1. The first-order chi connectivity index (χ1) is 74.3. The molecule has 149 heavy (non-hydrogen) atoms. The Labute approximate surface area is 895 Å².